The summed E-state index contributed by atoms with van der Waals surface area (Å²) in [5.74, 6) is 0.776. The summed E-state index contributed by atoms with van der Waals surface area (Å²) < 4.78 is 9.53. The molecule has 88 valence electrons. The molecule has 0 amide bonds. The van der Waals surface area contributed by atoms with Crippen LogP contribution >= 0.6 is 0 Å². The summed E-state index contributed by atoms with van der Waals surface area (Å²) in [5, 5.41) is 2.91. The van der Waals surface area contributed by atoms with E-state index in [1.807, 2.05) is 0 Å². The van der Waals surface area contributed by atoms with Crippen LogP contribution in [-0.2, 0) is 9.53 Å². The van der Waals surface area contributed by atoms with E-state index in [0.717, 1.165) is 0 Å². The van der Waals surface area contributed by atoms with Gasteiger partial charge in [-0.25, -0.2) is 9.97 Å². The zero-order valence-electron chi connectivity index (χ0n) is 9.19. The minimum Gasteiger partial charge on any atom is -0.490 e. The molecule has 0 aliphatic rings. The maximum Gasteiger partial charge on any atom is 0.307 e. The molecule has 3 N–H and O–H groups in total. The Kier molecular flexibility index (Phi) is 4.31. The zero-order valence-corrected chi connectivity index (χ0v) is 9.19. The van der Waals surface area contributed by atoms with Crippen LogP contribution < -0.4 is 15.8 Å². The van der Waals surface area contributed by atoms with E-state index >= 15 is 0 Å². The molecular weight excluding hydrogens is 212 g/mol. The van der Waals surface area contributed by atoms with E-state index in [2.05, 4.69) is 20.0 Å². The monoisotopic (exact) mass is 226 g/mol. The lowest BCUT2D eigenvalue weighted by molar-refractivity contribution is -0.140. The van der Waals surface area contributed by atoms with Crippen molar-refractivity contribution in [3.63, 3.8) is 0 Å². The Labute approximate surface area is 93.0 Å². The Balaban J connectivity index is 2.60. The van der Waals surface area contributed by atoms with Gasteiger partial charge in [0.05, 0.1) is 20.6 Å². The molecule has 0 radical (unpaired) electrons. The van der Waals surface area contributed by atoms with Crippen molar-refractivity contribution in [1.82, 2.24) is 9.97 Å². The van der Waals surface area contributed by atoms with E-state index in [9.17, 15) is 4.79 Å². The number of hydrogen-bond donors (Lipinski definition) is 2. The van der Waals surface area contributed by atoms with Crippen molar-refractivity contribution >= 4 is 17.6 Å². The number of rotatable bonds is 5. The first-order valence-corrected chi connectivity index (χ1v) is 4.64. The fourth-order valence-electron chi connectivity index (χ4n) is 1.10. The van der Waals surface area contributed by atoms with E-state index < -0.39 is 0 Å². The van der Waals surface area contributed by atoms with Gasteiger partial charge in [-0.15, -0.1) is 0 Å². The van der Waals surface area contributed by atoms with Crippen molar-refractivity contribution in [3.8, 4) is 5.75 Å². The first-order chi connectivity index (χ1) is 7.69. The van der Waals surface area contributed by atoms with Gasteiger partial charge in [-0.1, -0.05) is 0 Å². The van der Waals surface area contributed by atoms with Crippen LogP contribution in [0.3, 0.4) is 0 Å². The fraction of sp³-hybridized carbons (Fsp3) is 0.444. The van der Waals surface area contributed by atoms with Crippen LogP contribution in [0.1, 0.15) is 6.42 Å². The standard InChI is InChI=1S/C9H14N4O3/c1-15-6(14)3-4-11-9-7(16-2)8(10)12-5-13-9/h5H,3-4H2,1-2H3,(H3,10,11,12,13). The maximum atomic E-state index is 10.9. The number of nitrogen functional groups attached to an aromatic ring is 1. The fourth-order valence-corrected chi connectivity index (χ4v) is 1.10. The van der Waals surface area contributed by atoms with E-state index in [1.54, 1.807) is 0 Å². The number of aromatic nitrogens is 2. The molecule has 0 saturated heterocycles. The van der Waals surface area contributed by atoms with Gasteiger partial charge in [0.15, 0.2) is 11.6 Å². The Bertz CT molecular complexity index is 370. The number of nitrogens with two attached hydrogens (primary N) is 1. The van der Waals surface area contributed by atoms with Crippen molar-refractivity contribution in [2.75, 3.05) is 31.8 Å². The molecule has 0 aliphatic carbocycles. The second-order valence-electron chi connectivity index (χ2n) is 2.89. The zero-order chi connectivity index (χ0) is 12.0. The molecule has 0 unspecified atom stereocenters. The first-order valence-electron chi connectivity index (χ1n) is 4.64. The Hall–Kier alpha value is -2.05. The molecule has 7 nitrogen and oxygen atoms in total. The van der Waals surface area contributed by atoms with Gasteiger partial charge in [-0.2, -0.15) is 0 Å². The van der Waals surface area contributed by atoms with Crippen molar-refractivity contribution < 1.29 is 14.3 Å². The minimum atomic E-state index is -0.298. The number of carbonyl (C=O) groups is 1. The molecule has 1 heterocycles. The molecule has 1 aromatic heterocycles. The SMILES string of the molecule is COC(=O)CCNc1ncnc(N)c1OC. The van der Waals surface area contributed by atoms with E-state index in [-0.39, 0.29) is 18.2 Å². The lowest BCUT2D eigenvalue weighted by atomic mass is 10.4. The average Bonchev–Trinajstić information content (AvgIpc) is 2.29. The largest absolute Gasteiger partial charge is 0.490 e. The average molecular weight is 226 g/mol. The van der Waals surface area contributed by atoms with E-state index in [1.165, 1.54) is 20.5 Å². The minimum absolute atomic E-state index is 0.240. The highest BCUT2D eigenvalue weighted by molar-refractivity contribution is 5.70. The van der Waals surface area contributed by atoms with Gasteiger partial charge in [-0.3, -0.25) is 4.79 Å². The molecule has 0 atom stereocenters. The van der Waals surface area contributed by atoms with Crippen molar-refractivity contribution in [2.45, 2.75) is 6.42 Å². The van der Waals surface area contributed by atoms with Crippen molar-refractivity contribution in [3.05, 3.63) is 6.33 Å². The molecule has 0 spiro atoms. The predicted octanol–water partition coefficient (Wildman–Crippen LogP) is 0.0424. The number of esters is 1. The van der Waals surface area contributed by atoms with Gasteiger partial charge in [0.25, 0.3) is 0 Å². The highest BCUT2D eigenvalue weighted by Crippen LogP contribution is 2.25. The first kappa shape index (κ1) is 12.0. The van der Waals surface area contributed by atoms with Gasteiger partial charge in [0, 0.05) is 6.54 Å². The predicted molar refractivity (Wildman–Crippen MR) is 58.1 cm³/mol. The van der Waals surface area contributed by atoms with Crippen LogP contribution in [0.4, 0.5) is 11.6 Å². The van der Waals surface area contributed by atoms with Gasteiger partial charge in [0.2, 0.25) is 5.75 Å². The molecule has 7 heteroatoms. The van der Waals surface area contributed by atoms with Crippen LogP contribution in [-0.4, -0.2) is 36.7 Å². The maximum absolute atomic E-state index is 10.9. The molecule has 0 saturated carbocycles. The third-order valence-electron chi connectivity index (χ3n) is 1.88. The van der Waals surface area contributed by atoms with Crippen LogP contribution in [0.25, 0.3) is 0 Å². The molecule has 0 aliphatic heterocycles. The van der Waals surface area contributed by atoms with Crippen LogP contribution in [0.2, 0.25) is 0 Å². The third-order valence-corrected chi connectivity index (χ3v) is 1.88. The smallest absolute Gasteiger partial charge is 0.307 e. The van der Waals surface area contributed by atoms with Crippen LogP contribution in [0.5, 0.6) is 5.75 Å². The van der Waals surface area contributed by atoms with Crippen LogP contribution in [0.15, 0.2) is 6.33 Å². The molecule has 0 fully saturated rings. The Morgan fingerprint density at radius 3 is 2.88 bits per heavy atom. The van der Waals surface area contributed by atoms with E-state index in [0.29, 0.717) is 18.1 Å². The van der Waals surface area contributed by atoms with Crippen molar-refractivity contribution in [1.29, 1.82) is 0 Å². The molecular formula is C9H14N4O3. The summed E-state index contributed by atoms with van der Waals surface area (Å²) in [6.07, 6.45) is 1.56. The summed E-state index contributed by atoms with van der Waals surface area (Å²) >= 11 is 0. The number of carbonyl (C=O) groups excluding carboxylic acids is 1. The van der Waals surface area contributed by atoms with Gasteiger partial charge < -0.3 is 20.5 Å². The molecule has 1 rings (SSSR count). The lowest BCUT2D eigenvalue weighted by Crippen LogP contribution is -2.12. The second-order valence-corrected chi connectivity index (χ2v) is 2.89. The highest BCUT2D eigenvalue weighted by Gasteiger charge is 2.09. The molecule has 0 aromatic carbocycles. The van der Waals surface area contributed by atoms with Gasteiger partial charge >= 0.3 is 5.97 Å². The Morgan fingerprint density at radius 1 is 1.50 bits per heavy atom. The quantitative estimate of drug-likeness (QED) is 0.684. The number of nitrogens with one attached hydrogen (secondary N) is 1. The second kappa shape index (κ2) is 5.74. The molecule has 0 bridgehead atoms. The van der Waals surface area contributed by atoms with Gasteiger partial charge in [0.1, 0.15) is 6.33 Å². The van der Waals surface area contributed by atoms with Crippen molar-refractivity contribution in [2.24, 2.45) is 0 Å². The third kappa shape index (κ3) is 2.97. The normalized spacial score (nSPS) is 9.62. The summed E-state index contributed by atoms with van der Waals surface area (Å²) in [6.45, 7) is 0.388. The molecule has 16 heavy (non-hydrogen) atoms. The van der Waals surface area contributed by atoms with E-state index in [4.69, 9.17) is 10.5 Å². The number of nitrogens with zero attached hydrogens (tertiary/aromatic N) is 2. The van der Waals surface area contributed by atoms with Crippen LogP contribution in [0, 0.1) is 0 Å². The van der Waals surface area contributed by atoms with Gasteiger partial charge in [-0.05, 0) is 0 Å². The summed E-state index contributed by atoms with van der Waals surface area (Å²) in [6, 6.07) is 0. The lowest BCUT2D eigenvalue weighted by Gasteiger charge is -2.10. The molecule has 1 aromatic rings. The number of methoxy groups -OCH3 is 2. The summed E-state index contributed by atoms with van der Waals surface area (Å²) in [5.41, 5.74) is 5.58. The summed E-state index contributed by atoms with van der Waals surface area (Å²) in [7, 11) is 2.81. The Morgan fingerprint density at radius 2 is 2.25 bits per heavy atom. The highest BCUT2D eigenvalue weighted by atomic mass is 16.5. The number of hydrogen-bond acceptors (Lipinski definition) is 7. The number of ether oxygens (including phenoxy) is 2. The topological polar surface area (TPSA) is 99.4 Å². The number of anilines is 2. The summed E-state index contributed by atoms with van der Waals surface area (Å²) in [4.78, 5) is 18.6.